The van der Waals surface area contributed by atoms with Gasteiger partial charge in [0.2, 0.25) is 0 Å². The van der Waals surface area contributed by atoms with Crippen molar-refractivity contribution in [2.24, 2.45) is 0 Å². The van der Waals surface area contributed by atoms with E-state index >= 15 is 0 Å². The molecule has 0 amide bonds. The minimum absolute atomic E-state index is 0. The first-order valence-electron chi connectivity index (χ1n) is 20.3. The van der Waals surface area contributed by atoms with Crippen molar-refractivity contribution in [3.8, 4) is 0 Å². The van der Waals surface area contributed by atoms with Crippen LogP contribution in [0.2, 0.25) is 5.04 Å². The Morgan fingerprint density at radius 3 is 1.30 bits per heavy atom. The molecule has 0 heterocycles. The van der Waals surface area contributed by atoms with Crippen molar-refractivity contribution in [3.63, 3.8) is 0 Å². The standard InChI is InChI=1S/C49H71Si.3ClH.Ti/c1-15-17-19-21-23-40-28-41(24-22-20-18-16-2)30-45(29-40)50(44-26-35(3)25-36(4)27-44,49(14)34-37(5)38(6)39(49)7)46-32-42(47(8,9)10)31-43(33-46)48(11,12)13;;;;/h25-33H,15-24H2,1-14H3;3*1H;/q;;;;+3/p-3. The minimum Gasteiger partial charge on any atom is -1.00 e. The quantitative estimate of drug-likeness (QED) is 0.133. The number of allylic oxidation sites excluding steroid dienone is 4. The summed E-state index contributed by atoms with van der Waals surface area (Å²) in [5.41, 5.74) is 13.4. The van der Waals surface area contributed by atoms with Crippen LogP contribution in [0.3, 0.4) is 0 Å². The van der Waals surface area contributed by atoms with Crippen molar-refractivity contribution < 1.29 is 57.7 Å². The predicted molar refractivity (Wildman–Crippen MR) is 226 cm³/mol. The summed E-state index contributed by atoms with van der Waals surface area (Å²) in [5.74, 6) is 0. The van der Waals surface area contributed by atoms with Crippen LogP contribution < -0.4 is 52.8 Å². The molecule has 296 valence electrons. The van der Waals surface area contributed by atoms with Gasteiger partial charge in [-0.2, -0.15) is 0 Å². The van der Waals surface area contributed by atoms with E-state index in [9.17, 15) is 0 Å². The van der Waals surface area contributed by atoms with Crippen LogP contribution in [0.1, 0.15) is 168 Å². The van der Waals surface area contributed by atoms with Gasteiger partial charge in [-0.15, -0.1) is 0 Å². The molecule has 3 aromatic carbocycles. The number of unbranched alkanes of at least 4 members (excludes halogenated alkanes) is 6. The van der Waals surface area contributed by atoms with E-state index in [1.54, 1.807) is 36.1 Å². The van der Waals surface area contributed by atoms with Gasteiger partial charge in [-0.05, 0) is 0 Å². The summed E-state index contributed by atoms with van der Waals surface area (Å²) in [6.45, 7) is 33.7. The third kappa shape index (κ3) is 10.5. The summed E-state index contributed by atoms with van der Waals surface area (Å²) < 4.78 is 1.57. The van der Waals surface area contributed by atoms with Crippen molar-refractivity contribution >= 4 is 23.6 Å². The molecule has 0 saturated heterocycles. The van der Waals surface area contributed by atoms with Gasteiger partial charge in [0.05, 0.1) is 0 Å². The van der Waals surface area contributed by atoms with Crippen LogP contribution in [0.15, 0.2) is 75.2 Å². The predicted octanol–water partition coefficient (Wildman–Crippen LogP) is 3.56. The molecule has 0 spiro atoms. The van der Waals surface area contributed by atoms with E-state index in [4.69, 9.17) is 0 Å². The smallest absolute Gasteiger partial charge is 1.00 e. The summed E-state index contributed by atoms with van der Waals surface area (Å²) in [4.78, 5) is 0. The molecule has 0 N–H and O–H groups in total. The molecule has 54 heavy (non-hydrogen) atoms. The van der Waals surface area contributed by atoms with E-state index in [-0.39, 0.29) is 53.1 Å². The molecule has 0 radical (unpaired) electrons. The molecule has 0 bridgehead atoms. The van der Waals surface area contributed by atoms with Crippen LogP contribution in [0.4, 0.5) is 0 Å². The number of hydrogen-bond acceptors (Lipinski definition) is 0. The van der Waals surface area contributed by atoms with Gasteiger partial charge in [-0.25, -0.2) is 0 Å². The Hall–Kier alpha value is -1.06. The van der Waals surface area contributed by atoms with Gasteiger partial charge < -0.3 is 37.2 Å². The zero-order valence-corrected chi connectivity index (χ0v) is 41.2. The topological polar surface area (TPSA) is 0 Å². The van der Waals surface area contributed by atoms with Crippen molar-refractivity contribution in [1.82, 2.24) is 0 Å². The molecule has 5 heteroatoms. The number of rotatable bonds is 14. The van der Waals surface area contributed by atoms with Crippen molar-refractivity contribution in [3.05, 3.63) is 109 Å². The van der Waals surface area contributed by atoms with E-state index in [0.717, 1.165) is 0 Å². The zero-order chi connectivity index (χ0) is 37.9. The van der Waals surface area contributed by atoms with Gasteiger partial charge in [0.1, 0.15) is 0 Å². The second kappa shape index (κ2) is 20.6. The molecular formula is C49H71Cl3SiTi. The Morgan fingerprint density at radius 1 is 0.519 bits per heavy atom. The number of benzene rings is 3. The molecular weight excluding hydrogens is 771 g/mol. The fourth-order valence-corrected chi connectivity index (χ4v) is 16.9. The molecule has 0 aliphatic heterocycles. The molecule has 1 aliphatic carbocycles. The molecule has 2 atom stereocenters. The van der Waals surface area contributed by atoms with E-state index in [0.29, 0.717) is 0 Å². The largest absolute Gasteiger partial charge is 1.00 e. The van der Waals surface area contributed by atoms with E-state index < -0.39 is 8.07 Å². The Balaban J connectivity index is 0.00000486. The van der Waals surface area contributed by atoms with Gasteiger partial charge in [0.15, 0.2) is 0 Å². The normalized spacial score (nSPS) is 17.2. The summed E-state index contributed by atoms with van der Waals surface area (Å²) in [6, 6.07) is 23.5. The molecule has 0 nitrogen and oxygen atoms in total. The second-order valence-electron chi connectivity index (χ2n) is 18.5. The van der Waals surface area contributed by atoms with Crippen LogP contribution in [0.25, 0.3) is 0 Å². The first-order valence-corrected chi connectivity index (χ1v) is 23.1. The van der Waals surface area contributed by atoms with E-state index in [2.05, 4.69) is 172 Å². The van der Waals surface area contributed by atoms with Crippen molar-refractivity contribution in [1.29, 1.82) is 0 Å². The zero-order valence-electron chi connectivity index (χ0n) is 36.4. The summed E-state index contributed by atoms with van der Waals surface area (Å²) in [7, 11) is -2.90. The van der Waals surface area contributed by atoms with Crippen LogP contribution in [0.5, 0.6) is 0 Å². The molecule has 0 saturated carbocycles. The van der Waals surface area contributed by atoms with Gasteiger partial charge in [0.25, 0.3) is 0 Å². The number of hydrogen-bond donors (Lipinski definition) is 0. The first kappa shape index (κ1) is 51.0. The minimum atomic E-state index is -2.90. The first-order chi connectivity index (χ1) is 23.8. The summed E-state index contributed by atoms with van der Waals surface area (Å²) >= 11 is 2.48. The van der Waals surface area contributed by atoms with Gasteiger partial charge >= 0.3 is 330 Å². The fraction of sp³-hybridized carbons (Fsp3) is 0.551. The van der Waals surface area contributed by atoms with Crippen LogP contribution >= 0.6 is 0 Å². The summed E-state index contributed by atoms with van der Waals surface area (Å²) in [6.07, 6.45) is 12.7. The maximum absolute atomic E-state index is 2.90. The van der Waals surface area contributed by atoms with Crippen molar-refractivity contribution in [2.45, 2.75) is 177 Å². The maximum atomic E-state index is 2.72. The van der Waals surface area contributed by atoms with Crippen LogP contribution in [-0.4, -0.2) is 8.07 Å². The van der Waals surface area contributed by atoms with E-state index in [1.807, 2.05) is 0 Å². The Kier molecular flexibility index (Phi) is 19.4. The fourth-order valence-electron chi connectivity index (χ4n) is 8.92. The average molecular weight is 842 g/mol. The monoisotopic (exact) mass is 840 g/mol. The van der Waals surface area contributed by atoms with Crippen LogP contribution in [0, 0.1) is 13.8 Å². The third-order valence-electron chi connectivity index (χ3n) is 12.4. The number of halogens is 3. The molecule has 3 aromatic rings. The maximum Gasteiger partial charge on any atom is -1.00 e. The molecule has 0 fully saturated rings. The Morgan fingerprint density at radius 2 is 0.926 bits per heavy atom. The Labute approximate surface area is 364 Å². The SMILES string of the molecule is CCCCCCc1cc(CCCCCC)cc([Si](c2cc(C)cc(C)c2)(c2cc(C(C)(C)C)cc(C(C)(C)C)c2)C2(C)C(C)=C(C)C(C)=[C]2[Ti+3])c1.[Cl-].[Cl-].[Cl-]. The molecule has 4 rings (SSSR count). The van der Waals surface area contributed by atoms with Crippen molar-refractivity contribution in [2.75, 3.05) is 0 Å². The van der Waals surface area contributed by atoms with Gasteiger partial charge in [0, 0.05) is 0 Å². The Bertz CT molecular complexity index is 1660. The molecule has 2 unspecified atom stereocenters. The van der Waals surface area contributed by atoms with E-state index in [1.165, 1.54) is 97.6 Å². The third-order valence-corrected chi connectivity index (χ3v) is 19.7. The average Bonchev–Trinajstić information content (AvgIpc) is 3.20. The van der Waals surface area contributed by atoms with Gasteiger partial charge in [-0.3, -0.25) is 0 Å². The summed E-state index contributed by atoms with van der Waals surface area (Å²) in [5, 5.41) is 4.62. The van der Waals surface area contributed by atoms with Gasteiger partial charge in [-0.1, -0.05) is 0 Å². The second-order valence-corrected chi connectivity index (χ2v) is 23.5. The molecule has 1 aliphatic rings. The van der Waals surface area contributed by atoms with Crippen LogP contribution in [-0.2, 0) is 44.1 Å². The molecule has 0 aromatic heterocycles. The number of aryl methyl sites for hydroxylation is 4.